The maximum absolute atomic E-state index is 10.6. The van der Waals surface area contributed by atoms with Crippen molar-refractivity contribution in [3.05, 3.63) is 45.9 Å². The number of aromatic nitrogens is 1. The van der Waals surface area contributed by atoms with Gasteiger partial charge >= 0.3 is 0 Å². The zero-order valence-electron chi connectivity index (χ0n) is 7.94. The molecule has 0 aliphatic carbocycles. The van der Waals surface area contributed by atoms with Crippen LogP contribution in [-0.4, -0.2) is 20.1 Å². The van der Waals surface area contributed by atoms with Crippen LogP contribution in [0.25, 0.3) is 10.9 Å². The SMILES string of the molecule is O=[N+]([O-])c1ccc2c(c1)c(=NO)ccn2O. The van der Waals surface area contributed by atoms with E-state index in [1.807, 2.05) is 0 Å². The molecular weight excluding hydrogens is 214 g/mol. The lowest BCUT2D eigenvalue weighted by atomic mass is 10.2. The summed E-state index contributed by atoms with van der Waals surface area (Å²) >= 11 is 0. The summed E-state index contributed by atoms with van der Waals surface area (Å²) in [5.74, 6) is 0. The van der Waals surface area contributed by atoms with Crippen molar-refractivity contribution in [2.75, 3.05) is 0 Å². The lowest BCUT2D eigenvalue weighted by Crippen LogP contribution is -2.08. The molecule has 0 amide bonds. The lowest BCUT2D eigenvalue weighted by Gasteiger charge is -2.03. The van der Waals surface area contributed by atoms with Gasteiger partial charge in [-0.1, -0.05) is 5.16 Å². The van der Waals surface area contributed by atoms with Gasteiger partial charge in [0, 0.05) is 23.7 Å². The van der Waals surface area contributed by atoms with Crippen LogP contribution in [0.15, 0.2) is 35.6 Å². The van der Waals surface area contributed by atoms with E-state index in [-0.39, 0.29) is 11.0 Å². The highest BCUT2D eigenvalue weighted by Gasteiger charge is 2.09. The fourth-order valence-electron chi connectivity index (χ4n) is 1.44. The fraction of sp³-hybridized carbons (Fsp3) is 0. The normalized spacial score (nSPS) is 11.9. The molecular formula is C9H7N3O4. The van der Waals surface area contributed by atoms with Gasteiger partial charge in [-0.2, -0.15) is 4.73 Å². The molecule has 1 heterocycles. The molecule has 0 saturated carbocycles. The highest BCUT2D eigenvalue weighted by molar-refractivity contribution is 5.80. The van der Waals surface area contributed by atoms with E-state index in [9.17, 15) is 15.3 Å². The van der Waals surface area contributed by atoms with Crippen molar-refractivity contribution in [2.24, 2.45) is 5.16 Å². The van der Waals surface area contributed by atoms with Gasteiger partial charge in [0.25, 0.3) is 5.69 Å². The minimum atomic E-state index is -0.560. The average Bonchev–Trinajstić information content (AvgIpc) is 2.29. The van der Waals surface area contributed by atoms with E-state index in [0.717, 1.165) is 4.73 Å². The Morgan fingerprint density at radius 2 is 2.12 bits per heavy atom. The fourth-order valence-corrected chi connectivity index (χ4v) is 1.44. The Hall–Kier alpha value is -2.57. The summed E-state index contributed by atoms with van der Waals surface area (Å²) in [4.78, 5) is 10.0. The number of nitro groups is 1. The minimum Gasteiger partial charge on any atom is -0.428 e. The summed E-state index contributed by atoms with van der Waals surface area (Å²) in [5.41, 5.74) is 0.185. The molecule has 2 aromatic rings. The molecule has 2 N–H and O–H groups in total. The van der Waals surface area contributed by atoms with E-state index < -0.39 is 4.92 Å². The molecule has 0 aliphatic rings. The Labute approximate surface area is 88.6 Å². The first kappa shape index (κ1) is 9.97. The van der Waals surface area contributed by atoms with Gasteiger partial charge in [0.1, 0.15) is 5.36 Å². The van der Waals surface area contributed by atoms with Crippen LogP contribution in [0.4, 0.5) is 5.69 Å². The quantitative estimate of drug-likeness (QED) is 0.325. The number of nitrogens with zero attached hydrogens (tertiary/aromatic N) is 3. The first-order valence-corrected chi connectivity index (χ1v) is 4.30. The molecule has 0 unspecified atom stereocenters. The number of fused-ring (bicyclic) bond motifs is 1. The number of rotatable bonds is 1. The topological polar surface area (TPSA) is 101 Å². The Balaban J connectivity index is 2.90. The smallest absolute Gasteiger partial charge is 0.270 e. The molecule has 0 saturated heterocycles. The Kier molecular flexibility index (Phi) is 2.20. The van der Waals surface area contributed by atoms with Crippen LogP contribution in [0.5, 0.6) is 0 Å². The lowest BCUT2D eigenvalue weighted by molar-refractivity contribution is -0.384. The van der Waals surface area contributed by atoms with Crippen molar-refractivity contribution in [2.45, 2.75) is 0 Å². The summed E-state index contributed by atoms with van der Waals surface area (Å²) in [5, 5.41) is 32.2. The third-order valence-electron chi connectivity index (χ3n) is 2.20. The highest BCUT2D eigenvalue weighted by atomic mass is 16.6. The van der Waals surface area contributed by atoms with Crippen LogP contribution >= 0.6 is 0 Å². The van der Waals surface area contributed by atoms with Crippen molar-refractivity contribution in [3.63, 3.8) is 0 Å². The van der Waals surface area contributed by atoms with E-state index in [0.29, 0.717) is 10.9 Å². The van der Waals surface area contributed by atoms with Crippen LogP contribution in [0.2, 0.25) is 0 Å². The molecule has 1 aromatic heterocycles. The first-order valence-electron chi connectivity index (χ1n) is 4.30. The molecule has 82 valence electrons. The van der Waals surface area contributed by atoms with Crippen molar-refractivity contribution in [3.8, 4) is 0 Å². The monoisotopic (exact) mass is 221 g/mol. The standard InChI is InChI=1S/C9H7N3O4/c13-10-8-3-4-11(14)9-2-1-6(12(15)16)5-7(8)9/h1-5,13-14H. The molecule has 1 aromatic carbocycles. The van der Waals surface area contributed by atoms with Gasteiger partial charge in [-0.25, -0.2) is 0 Å². The number of nitro benzene ring substituents is 1. The van der Waals surface area contributed by atoms with Crippen molar-refractivity contribution >= 4 is 16.6 Å². The first-order chi connectivity index (χ1) is 7.63. The summed E-state index contributed by atoms with van der Waals surface area (Å²) in [6, 6.07) is 5.21. The van der Waals surface area contributed by atoms with E-state index >= 15 is 0 Å². The molecule has 0 fully saturated rings. The molecule has 0 radical (unpaired) electrons. The third kappa shape index (κ3) is 1.44. The predicted molar refractivity (Wildman–Crippen MR) is 53.1 cm³/mol. The molecule has 0 atom stereocenters. The van der Waals surface area contributed by atoms with Gasteiger partial charge in [-0.05, 0) is 12.1 Å². The number of benzene rings is 1. The maximum Gasteiger partial charge on any atom is 0.270 e. The van der Waals surface area contributed by atoms with Crippen LogP contribution in [-0.2, 0) is 0 Å². The van der Waals surface area contributed by atoms with E-state index in [2.05, 4.69) is 5.16 Å². The third-order valence-corrected chi connectivity index (χ3v) is 2.20. The van der Waals surface area contributed by atoms with Gasteiger partial charge in [0.15, 0.2) is 0 Å². The number of hydrogen-bond donors (Lipinski definition) is 2. The van der Waals surface area contributed by atoms with Gasteiger partial charge in [-0.3, -0.25) is 10.1 Å². The van der Waals surface area contributed by atoms with E-state index in [4.69, 9.17) is 5.21 Å². The zero-order valence-corrected chi connectivity index (χ0v) is 7.94. The van der Waals surface area contributed by atoms with Gasteiger partial charge in [0.2, 0.25) is 0 Å². The number of hydrogen-bond acceptors (Lipinski definition) is 5. The molecule has 0 aliphatic heterocycles. The van der Waals surface area contributed by atoms with Crippen LogP contribution in [0.1, 0.15) is 0 Å². The van der Waals surface area contributed by atoms with E-state index in [1.165, 1.54) is 30.5 Å². The van der Waals surface area contributed by atoms with Gasteiger partial charge in [0.05, 0.1) is 10.4 Å². The Morgan fingerprint density at radius 1 is 1.38 bits per heavy atom. The van der Waals surface area contributed by atoms with E-state index in [1.54, 1.807) is 0 Å². The predicted octanol–water partition coefficient (Wildman–Crippen LogP) is 1.08. The maximum atomic E-state index is 10.6. The molecule has 0 bridgehead atoms. The number of pyridine rings is 1. The molecule has 16 heavy (non-hydrogen) atoms. The Bertz CT molecular complexity index is 632. The second-order valence-electron chi connectivity index (χ2n) is 3.10. The Morgan fingerprint density at radius 3 is 2.75 bits per heavy atom. The summed E-state index contributed by atoms with van der Waals surface area (Å²) < 4.78 is 0.799. The number of non-ortho nitro benzene ring substituents is 1. The van der Waals surface area contributed by atoms with Crippen molar-refractivity contribution < 1.29 is 15.3 Å². The minimum absolute atomic E-state index is 0.136. The summed E-state index contributed by atoms with van der Waals surface area (Å²) in [7, 11) is 0. The van der Waals surface area contributed by atoms with Gasteiger partial charge in [-0.15, -0.1) is 0 Å². The van der Waals surface area contributed by atoms with Crippen molar-refractivity contribution in [1.82, 2.24) is 4.73 Å². The highest BCUT2D eigenvalue weighted by Crippen LogP contribution is 2.17. The average molecular weight is 221 g/mol. The summed E-state index contributed by atoms with van der Waals surface area (Å²) in [6.45, 7) is 0. The van der Waals surface area contributed by atoms with Crippen molar-refractivity contribution in [1.29, 1.82) is 0 Å². The van der Waals surface area contributed by atoms with Gasteiger partial charge < -0.3 is 10.4 Å². The zero-order chi connectivity index (χ0) is 11.7. The second kappa shape index (κ2) is 3.54. The van der Waals surface area contributed by atoms with Crippen LogP contribution < -0.4 is 5.36 Å². The van der Waals surface area contributed by atoms with Crippen LogP contribution in [0.3, 0.4) is 0 Å². The molecule has 2 rings (SSSR count). The largest absolute Gasteiger partial charge is 0.428 e. The molecule has 7 nitrogen and oxygen atoms in total. The molecule has 0 spiro atoms. The second-order valence-corrected chi connectivity index (χ2v) is 3.10. The summed E-state index contributed by atoms with van der Waals surface area (Å²) in [6.07, 6.45) is 1.28. The molecule has 7 heteroatoms. The van der Waals surface area contributed by atoms with Crippen LogP contribution in [0, 0.1) is 10.1 Å².